The summed E-state index contributed by atoms with van der Waals surface area (Å²) in [5, 5.41) is 1.47. The monoisotopic (exact) mass is 412 g/mol. The molecule has 2 aromatic carbocycles. The highest BCUT2D eigenvalue weighted by atomic mass is 79.9. The van der Waals surface area contributed by atoms with Gasteiger partial charge in [0.25, 0.3) is 0 Å². The maximum absolute atomic E-state index is 12.4. The normalized spacial score (nSPS) is 11.0. The summed E-state index contributed by atoms with van der Waals surface area (Å²) in [7, 11) is 0. The van der Waals surface area contributed by atoms with Gasteiger partial charge >= 0.3 is 0 Å². The molecule has 23 heavy (non-hydrogen) atoms. The van der Waals surface area contributed by atoms with Crippen molar-refractivity contribution in [1.29, 1.82) is 0 Å². The van der Waals surface area contributed by atoms with Crippen molar-refractivity contribution in [3.05, 3.63) is 72.5 Å². The highest BCUT2D eigenvalue weighted by molar-refractivity contribution is 9.10. The molecule has 0 bridgehead atoms. The fourth-order valence-corrected chi connectivity index (χ4v) is 3.00. The first kappa shape index (κ1) is 16.4. The molecule has 0 radical (unpaired) electrons. The third-order valence-corrected chi connectivity index (χ3v) is 4.45. The fourth-order valence-electron chi connectivity index (χ4n) is 2.18. The maximum Gasteiger partial charge on any atom is 0.196 e. The standard InChI is InChI=1S/C17H11BrCl2O3/c1-9-16(8-22-15-5-3-11(19)7-13(15)20)23-14-4-2-10(18)6-12(14)17(9)21/h2-7H,8H2,1H3. The predicted molar refractivity (Wildman–Crippen MR) is 95.7 cm³/mol. The smallest absolute Gasteiger partial charge is 0.196 e. The molecule has 3 rings (SSSR count). The summed E-state index contributed by atoms with van der Waals surface area (Å²) in [6, 6.07) is 10.3. The summed E-state index contributed by atoms with van der Waals surface area (Å²) in [6.07, 6.45) is 0. The number of benzene rings is 2. The molecule has 0 N–H and O–H groups in total. The molecule has 0 saturated heterocycles. The van der Waals surface area contributed by atoms with Crippen LogP contribution in [-0.4, -0.2) is 0 Å². The molecule has 0 saturated carbocycles. The zero-order chi connectivity index (χ0) is 16.6. The first-order valence-electron chi connectivity index (χ1n) is 6.75. The molecule has 1 heterocycles. The Morgan fingerprint density at radius 2 is 1.96 bits per heavy atom. The highest BCUT2D eigenvalue weighted by Gasteiger charge is 2.12. The SMILES string of the molecule is Cc1c(COc2ccc(Cl)cc2Cl)oc2ccc(Br)cc2c1=O. The van der Waals surface area contributed by atoms with Crippen molar-refractivity contribution < 1.29 is 9.15 Å². The minimum Gasteiger partial charge on any atom is -0.484 e. The van der Waals surface area contributed by atoms with Crippen molar-refractivity contribution >= 4 is 50.1 Å². The van der Waals surface area contributed by atoms with Crippen LogP contribution in [0.4, 0.5) is 0 Å². The molecule has 1 aromatic heterocycles. The Morgan fingerprint density at radius 3 is 2.70 bits per heavy atom. The fraction of sp³-hybridized carbons (Fsp3) is 0.118. The Bertz CT molecular complexity index is 950. The molecular weight excluding hydrogens is 403 g/mol. The van der Waals surface area contributed by atoms with Gasteiger partial charge in [0.05, 0.1) is 10.4 Å². The zero-order valence-electron chi connectivity index (χ0n) is 12.0. The first-order valence-corrected chi connectivity index (χ1v) is 8.30. The van der Waals surface area contributed by atoms with E-state index in [0.29, 0.717) is 38.1 Å². The first-order chi connectivity index (χ1) is 11.0. The van der Waals surface area contributed by atoms with Crippen molar-refractivity contribution in [1.82, 2.24) is 0 Å². The van der Waals surface area contributed by atoms with E-state index in [1.165, 1.54) is 0 Å². The summed E-state index contributed by atoms with van der Waals surface area (Å²) >= 11 is 15.3. The summed E-state index contributed by atoms with van der Waals surface area (Å²) in [6.45, 7) is 1.82. The second-order valence-electron chi connectivity index (χ2n) is 4.98. The second kappa shape index (κ2) is 6.56. The zero-order valence-corrected chi connectivity index (χ0v) is 15.1. The lowest BCUT2D eigenvalue weighted by molar-refractivity contribution is 0.271. The van der Waals surface area contributed by atoms with Gasteiger partial charge in [-0.3, -0.25) is 4.79 Å². The van der Waals surface area contributed by atoms with E-state index in [1.54, 1.807) is 37.3 Å². The second-order valence-corrected chi connectivity index (χ2v) is 6.74. The third-order valence-electron chi connectivity index (χ3n) is 3.43. The van der Waals surface area contributed by atoms with Crippen LogP contribution in [0.3, 0.4) is 0 Å². The van der Waals surface area contributed by atoms with E-state index in [4.69, 9.17) is 32.4 Å². The van der Waals surface area contributed by atoms with Gasteiger partial charge in [-0.25, -0.2) is 0 Å². The van der Waals surface area contributed by atoms with Gasteiger partial charge in [0.1, 0.15) is 23.7 Å². The Balaban J connectivity index is 1.95. The molecule has 3 nitrogen and oxygen atoms in total. The highest BCUT2D eigenvalue weighted by Crippen LogP contribution is 2.28. The van der Waals surface area contributed by atoms with Gasteiger partial charge < -0.3 is 9.15 Å². The summed E-state index contributed by atoms with van der Waals surface area (Å²) in [5.41, 5.74) is 0.957. The molecule has 6 heteroatoms. The molecule has 0 aliphatic carbocycles. The molecule has 0 fully saturated rings. The number of fused-ring (bicyclic) bond motifs is 1. The summed E-state index contributed by atoms with van der Waals surface area (Å²) < 4.78 is 12.3. The lowest BCUT2D eigenvalue weighted by atomic mass is 10.1. The molecule has 0 spiro atoms. The van der Waals surface area contributed by atoms with Crippen LogP contribution in [0, 0.1) is 6.92 Å². The number of hydrogen-bond acceptors (Lipinski definition) is 3. The van der Waals surface area contributed by atoms with Crippen LogP contribution in [0.15, 0.2) is 50.1 Å². The molecule has 0 aliphatic rings. The Labute approximate surface area is 150 Å². The van der Waals surface area contributed by atoms with Crippen molar-refractivity contribution in [3.8, 4) is 5.75 Å². The van der Waals surface area contributed by atoms with Crippen molar-refractivity contribution in [2.75, 3.05) is 0 Å². The van der Waals surface area contributed by atoms with E-state index in [1.807, 2.05) is 6.07 Å². The van der Waals surface area contributed by atoms with E-state index in [9.17, 15) is 4.79 Å². The topological polar surface area (TPSA) is 39.4 Å². The van der Waals surface area contributed by atoms with Gasteiger partial charge in [-0.05, 0) is 43.3 Å². The number of halogens is 3. The van der Waals surface area contributed by atoms with E-state index < -0.39 is 0 Å². The van der Waals surface area contributed by atoms with Gasteiger partial charge in [0, 0.05) is 15.1 Å². The minimum absolute atomic E-state index is 0.0756. The van der Waals surface area contributed by atoms with Gasteiger partial charge in [-0.15, -0.1) is 0 Å². The summed E-state index contributed by atoms with van der Waals surface area (Å²) in [5.74, 6) is 0.949. The Morgan fingerprint density at radius 1 is 1.17 bits per heavy atom. The predicted octanol–water partition coefficient (Wildman–Crippen LogP) is 5.75. The van der Waals surface area contributed by atoms with Crippen molar-refractivity contribution in [2.45, 2.75) is 13.5 Å². The molecule has 3 aromatic rings. The molecule has 0 amide bonds. The van der Waals surface area contributed by atoms with Crippen LogP contribution < -0.4 is 10.2 Å². The molecule has 0 unspecified atom stereocenters. The minimum atomic E-state index is -0.0756. The van der Waals surface area contributed by atoms with Gasteiger partial charge in [0.2, 0.25) is 0 Å². The van der Waals surface area contributed by atoms with Crippen molar-refractivity contribution in [2.24, 2.45) is 0 Å². The van der Waals surface area contributed by atoms with Crippen LogP contribution in [0.5, 0.6) is 5.75 Å². The van der Waals surface area contributed by atoms with Crippen LogP contribution >= 0.6 is 39.1 Å². The van der Waals surface area contributed by atoms with E-state index in [2.05, 4.69) is 15.9 Å². The van der Waals surface area contributed by atoms with Crippen LogP contribution in [-0.2, 0) is 6.61 Å². The average Bonchev–Trinajstić information content (AvgIpc) is 2.51. The quantitative estimate of drug-likeness (QED) is 0.548. The van der Waals surface area contributed by atoms with Crippen LogP contribution in [0.2, 0.25) is 10.0 Å². The lowest BCUT2D eigenvalue weighted by Gasteiger charge is -2.10. The molecule has 118 valence electrons. The largest absolute Gasteiger partial charge is 0.484 e. The van der Waals surface area contributed by atoms with Crippen LogP contribution in [0.25, 0.3) is 11.0 Å². The Hall–Kier alpha value is -1.49. The number of ether oxygens (including phenoxy) is 1. The number of rotatable bonds is 3. The third kappa shape index (κ3) is 3.39. The van der Waals surface area contributed by atoms with Crippen molar-refractivity contribution in [3.63, 3.8) is 0 Å². The van der Waals surface area contributed by atoms with E-state index in [0.717, 1.165) is 4.47 Å². The van der Waals surface area contributed by atoms with E-state index in [-0.39, 0.29) is 12.0 Å². The van der Waals surface area contributed by atoms with E-state index >= 15 is 0 Å². The van der Waals surface area contributed by atoms with Gasteiger partial charge in [-0.1, -0.05) is 39.1 Å². The maximum atomic E-state index is 12.4. The average molecular weight is 414 g/mol. The molecule has 0 aliphatic heterocycles. The number of hydrogen-bond donors (Lipinski definition) is 0. The van der Waals surface area contributed by atoms with Gasteiger partial charge in [0.15, 0.2) is 5.43 Å². The lowest BCUT2D eigenvalue weighted by Crippen LogP contribution is -2.11. The molecule has 0 atom stereocenters. The van der Waals surface area contributed by atoms with Crippen LogP contribution in [0.1, 0.15) is 11.3 Å². The van der Waals surface area contributed by atoms with Gasteiger partial charge in [-0.2, -0.15) is 0 Å². The molecular formula is C17H11BrCl2O3. The summed E-state index contributed by atoms with van der Waals surface area (Å²) in [4.78, 5) is 12.4. The Kier molecular flexibility index (Phi) is 4.67.